The van der Waals surface area contributed by atoms with Crippen molar-refractivity contribution >= 4 is 34.4 Å². The summed E-state index contributed by atoms with van der Waals surface area (Å²) in [7, 11) is 1.57. The zero-order valence-electron chi connectivity index (χ0n) is 33.8. The van der Waals surface area contributed by atoms with Crippen LogP contribution in [-0.4, -0.2) is 121 Å². The van der Waals surface area contributed by atoms with Gasteiger partial charge in [-0.05, 0) is 110 Å². The summed E-state index contributed by atoms with van der Waals surface area (Å²) in [6.45, 7) is -0.491. The van der Waals surface area contributed by atoms with Crippen LogP contribution in [0.2, 0.25) is 0 Å². The average Bonchev–Trinajstić information content (AvgIpc) is 3.72. The number of anilines is 1. The molecule has 0 unspecified atom stereocenters. The largest absolute Gasteiger partial charge is 0.394 e. The zero-order chi connectivity index (χ0) is 43.0. The Morgan fingerprint density at radius 3 is 1.97 bits per heavy atom. The van der Waals surface area contributed by atoms with E-state index in [1.807, 2.05) is 30.3 Å². The monoisotopic (exact) mass is 830 g/mol. The summed E-state index contributed by atoms with van der Waals surface area (Å²) in [5.41, 5.74) is 3.98. The topological polar surface area (TPSA) is 270 Å². The van der Waals surface area contributed by atoms with E-state index in [4.69, 9.17) is 20.4 Å². The molecular formula is C44H58N6O10. The lowest BCUT2D eigenvalue weighted by molar-refractivity contribution is -0.118. The summed E-state index contributed by atoms with van der Waals surface area (Å²) in [4.78, 5) is 49.0. The van der Waals surface area contributed by atoms with Gasteiger partial charge in [-0.15, -0.1) is 0 Å². The van der Waals surface area contributed by atoms with Gasteiger partial charge in [-0.3, -0.25) is 14.4 Å². The molecular weight excluding hydrogens is 773 g/mol. The van der Waals surface area contributed by atoms with E-state index >= 15 is 0 Å². The van der Waals surface area contributed by atoms with Crippen LogP contribution < -0.4 is 21.3 Å². The number of nitrogens with zero attached hydrogens (tertiary/aromatic N) is 1. The first-order valence-corrected chi connectivity index (χ1v) is 20.6. The van der Waals surface area contributed by atoms with E-state index in [-0.39, 0.29) is 48.6 Å². The van der Waals surface area contributed by atoms with Crippen molar-refractivity contribution < 1.29 is 50.1 Å². The highest BCUT2D eigenvalue weighted by molar-refractivity contribution is 6.11. The molecule has 4 aliphatic carbocycles. The maximum absolute atomic E-state index is 14.0. The molecule has 4 saturated carbocycles. The van der Waals surface area contributed by atoms with Crippen molar-refractivity contribution in [1.29, 1.82) is 0 Å². The van der Waals surface area contributed by atoms with Gasteiger partial charge in [-0.2, -0.15) is 0 Å². The van der Waals surface area contributed by atoms with Crippen LogP contribution in [0.5, 0.6) is 0 Å². The van der Waals surface area contributed by atoms with Gasteiger partial charge in [0, 0.05) is 25.2 Å². The molecule has 3 aromatic carbocycles. The van der Waals surface area contributed by atoms with Gasteiger partial charge in [-0.1, -0.05) is 36.4 Å². The van der Waals surface area contributed by atoms with Gasteiger partial charge in [0.15, 0.2) is 0 Å². The predicted molar refractivity (Wildman–Crippen MR) is 222 cm³/mol. The van der Waals surface area contributed by atoms with Gasteiger partial charge in [0.25, 0.3) is 11.8 Å². The van der Waals surface area contributed by atoms with E-state index in [2.05, 4.69) is 31.2 Å². The molecule has 4 aromatic rings. The number of likely N-dealkylation sites (N-methyl/N-ethyl adjacent to an activating group) is 1. The normalized spacial score (nSPS) is 22.8. The number of rotatable bonds is 17. The van der Waals surface area contributed by atoms with Gasteiger partial charge in [0.05, 0.1) is 54.4 Å². The Morgan fingerprint density at radius 1 is 0.783 bits per heavy atom. The van der Waals surface area contributed by atoms with E-state index in [9.17, 15) is 29.7 Å². The zero-order valence-corrected chi connectivity index (χ0v) is 33.8. The number of aliphatic hydroxyl groups is 7. The fraction of sp³-hybridized carbons (Fsp3) is 0.500. The third-order valence-electron chi connectivity index (χ3n) is 12.2. The second-order valence-corrected chi connectivity index (χ2v) is 16.8. The van der Waals surface area contributed by atoms with Crippen LogP contribution in [0.15, 0.2) is 67.0 Å². The quantitative estimate of drug-likeness (QED) is 0.0714. The van der Waals surface area contributed by atoms with Crippen LogP contribution in [0.3, 0.4) is 0 Å². The molecule has 1 aromatic heterocycles. The fourth-order valence-electron chi connectivity index (χ4n) is 9.66. The highest BCUT2D eigenvalue weighted by atomic mass is 16.4. The molecule has 0 aliphatic heterocycles. The molecule has 324 valence electrons. The number of aliphatic hydroxyl groups excluding tert-OH is 7. The molecule has 1 heterocycles. The van der Waals surface area contributed by atoms with Gasteiger partial charge < -0.3 is 62.0 Å². The van der Waals surface area contributed by atoms with Crippen molar-refractivity contribution in [3.63, 3.8) is 0 Å². The summed E-state index contributed by atoms with van der Waals surface area (Å²) in [5.74, 6) is 0.921. The van der Waals surface area contributed by atoms with E-state index in [1.165, 1.54) is 25.6 Å². The van der Waals surface area contributed by atoms with E-state index in [0.29, 0.717) is 34.4 Å². The Morgan fingerprint density at radius 2 is 1.38 bits per heavy atom. The summed E-state index contributed by atoms with van der Waals surface area (Å²) in [6.07, 6.45) is 3.50. The average molecular weight is 831 g/mol. The number of carbonyl (C=O) groups excluding carboxylic acids is 3. The first kappa shape index (κ1) is 44.8. The number of amides is 3. The molecule has 3 amide bonds. The third-order valence-corrected chi connectivity index (χ3v) is 12.2. The van der Waals surface area contributed by atoms with Crippen LogP contribution in [0.4, 0.5) is 5.69 Å². The van der Waals surface area contributed by atoms with Crippen molar-refractivity contribution in [3.05, 3.63) is 94.8 Å². The Bertz CT molecular complexity index is 2020. The van der Waals surface area contributed by atoms with Crippen molar-refractivity contribution in [2.24, 2.45) is 23.2 Å². The van der Waals surface area contributed by atoms with Crippen LogP contribution in [0, 0.1) is 23.2 Å². The van der Waals surface area contributed by atoms with Crippen LogP contribution in [0.1, 0.15) is 75.9 Å². The number of H-pyrrole nitrogens is 1. The maximum Gasteiger partial charge on any atom is 0.252 e. The number of hydrogen-bond acceptors (Lipinski definition) is 12. The van der Waals surface area contributed by atoms with Crippen molar-refractivity contribution in [2.45, 2.75) is 88.6 Å². The summed E-state index contributed by atoms with van der Waals surface area (Å²) >= 11 is 0. The molecule has 12 N–H and O–H groups in total. The molecule has 4 fully saturated rings. The highest BCUT2D eigenvalue weighted by Crippen LogP contribution is 2.59. The molecule has 16 heteroatoms. The molecule has 4 aliphatic rings. The van der Waals surface area contributed by atoms with Crippen LogP contribution in [-0.2, 0) is 24.4 Å². The molecule has 8 rings (SSSR count). The molecule has 4 bridgehead atoms. The standard InChI is InChI=1S/C37H41N5O5.C7H17NO5/c43-18-26-9-27(19-44)11-28(10-26)41-36(47)33(12-22-4-2-1-3-5-22)42-35(46)30-14-32-31(39-21-40-32)13-29(30)34(45)38-20-37-15-23-6-24(16-37)8-25(7-23)17-37;1-8-2-4(10)6(12)7(13)5(11)3-9/h1-5,9-11,13-14,21,23-25,33,43-44H,6-8,12,15-20H2,(H,38,45)(H,39,40)(H,41,47)(H,42,46);4-13H,2-3H2,1H3/t23?,24?,25?,33-,37?;4-,5+,6+,7+/m00/s1. The maximum atomic E-state index is 14.0. The second-order valence-electron chi connectivity index (χ2n) is 16.8. The van der Waals surface area contributed by atoms with Crippen molar-refractivity contribution in [2.75, 3.05) is 32.1 Å². The Hall–Kier alpha value is -4.78. The fourth-order valence-corrected chi connectivity index (χ4v) is 9.66. The SMILES string of the molecule is CNC[C@H](O)[C@@H](O)[C@H](O)[C@H](O)CO.O=C(NCC12CC3CC(CC(C3)C1)C2)c1cc2[nH]cnc2cc1C(=O)N[C@@H](Cc1ccccc1)C(=O)Nc1cc(CO)cc(CO)c1. The van der Waals surface area contributed by atoms with Gasteiger partial charge in [0.2, 0.25) is 5.91 Å². The van der Waals surface area contributed by atoms with Gasteiger partial charge in [0.1, 0.15) is 24.4 Å². The Labute approximate surface area is 348 Å². The summed E-state index contributed by atoms with van der Waals surface area (Å²) < 4.78 is 0. The highest BCUT2D eigenvalue weighted by Gasteiger charge is 2.50. The minimum atomic E-state index is -1.55. The minimum absolute atomic E-state index is 0.0936. The minimum Gasteiger partial charge on any atom is -0.394 e. The molecule has 60 heavy (non-hydrogen) atoms. The Kier molecular flexibility index (Phi) is 15.1. The van der Waals surface area contributed by atoms with Gasteiger partial charge in [-0.25, -0.2) is 4.98 Å². The number of hydrogen-bond donors (Lipinski definition) is 12. The first-order valence-electron chi connectivity index (χ1n) is 20.6. The first-order chi connectivity index (χ1) is 28.8. The van der Waals surface area contributed by atoms with Crippen LogP contribution in [0.25, 0.3) is 11.0 Å². The van der Waals surface area contributed by atoms with Gasteiger partial charge >= 0.3 is 0 Å². The number of carbonyl (C=O) groups is 3. The predicted octanol–water partition coefficient (Wildman–Crippen LogP) is 1.12. The number of fused-ring (bicyclic) bond motifs is 1. The number of aromatic nitrogens is 2. The van der Waals surface area contributed by atoms with E-state index < -0.39 is 48.9 Å². The molecule has 0 spiro atoms. The number of nitrogens with one attached hydrogen (secondary N) is 5. The van der Waals surface area contributed by atoms with Crippen molar-refractivity contribution in [3.8, 4) is 0 Å². The molecule has 16 nitrogen and oxygen atoms in total. The number of benzene rings is 3. The lowest BCUT2D eigenvalue weighted by Gasteiger charge is -2.56. The molecule has 0 radical (unpaired) electrons. The van der Waals surface area contributed by atoms with Crippen molar-refractivity contribution in [1.82, 2.24) is 25.9 Å². The number of imidazole rings is 1. The lowest BCUT2D eigenvalue weighted by Crippen LogP contribution is -2.51. The van der Waals surface area contributed by atoms with Crippen LogP contribution >= 0.6 is 0 Å². The molecule has 5 atom stereocenters. The lowest BCUT2D eigenvalue weighted by atomic mass is 9.49. The van der Waals surface area contributed by atoms with E-state index in [0.717, 1.165) is 42.6 Å². The van der Waals surface area contributed by atoms with E-state index in [1.54, 1.807) is 37.4 Å². The summed E-state index contributed by atoms with van der Waals surface area (Å²) in [6, 6.07) is 16.5. The smallest absolute Gasteiger partial charge is 0.252 e. The Balaban J connectivity index is 0.000000402. The second kappa shape index (κ2) is 20.2. The summed E-state index contributed by atoms with van der Waals surface area (Å²) in [5, 5.41) is 75.8. The molecule has 0 saturated heterocycles. The third kappa shape index (κ3) is 10.9. The number of aromatic amines is 1.